The van der Waals surface area contributed by atoms with Gasteiger partial charge in [-0.1, -0.05) is 0 Å². The molecule has 31 heavy (non-hydrogen) atoms. The van der Waals surface area contributed by atoms with Crippen LogP contribution in [-0.2, 0) is 11.2 Å². The van der Waals surface area contributed by atoms with Crippen molar-refractivity contribution in [2.45, 2.75) is 20.3 Å². The van der Waals surface area contributed by atoms with Gasteiger partial charge in [-0.2, -0.15) is 0 Å². The molecule has 2 heterocycles. The summed E-state index contributed by atoms with van der Waals surface area (Å²) in [5, 5.41) is 6.02. The molecule has 4 rings (SSSR count). The average molecular weight is 454 g/mol. The first-order valence-electron chi connectivity index (χ1n) is 9.72. The van der Waals surface area contributed by atoms with Crippen molar-refractivity contribution in [2.75, 3.05) is 11.9 Å². The molecule has 2 aromatic carbocycles. The van der Waals surface area contributed by atoms with Crippen molar-refractivity contribution in [3.8, 4) is 27.6 Å². The van der Waals surface area contributed by atoms with E-state index in [4.69, 9.17) is 4.74 Å². The average Bonchev–Trinajstić information content (AvgIpc) is 3.36. The van der Waals surface area contributed by atoms with E-state index < -0.39 is 0 Å². The van der Waals surface area contributed by atoms with Crippen molar-refractivity contribution in [3.63, 3.8) is 0 Å². The van der Waals surface area contributed by atoms with Gasteiger partial charge in [-0.05, 0) is 62.4 Å². The van der Waals surface area contributed by atoms with Gasteiger partial charge in [0.25, 0.3) is 0 Å². The number of anilines is 1. The SMILES string of the molecule is CCOc1ccc(-c2nc(NC(=O)Cc3csc(-c4ccc(F)cc4)n3)sc2C)cc1. The number of carbonyl (C=O) groups is 1. The van der Waals surface area contributed by atoms with Crippen LogP contribution >= 0.6 is 22.7 Å². The second-order valence-corrected chi connectivity index (χ2v) is 8.82. The number of carbonyl (C=O) groups excluding carboxylic acids is 1. The minimum atomic E-state index is -0.289. The van der Waals surface area contributed by atoms with Crippen molar-refractivity contribution in [1.82, 2.24) is 9.97 Å². The van der Waals surface area contributed by atoms with E-state index in [-0.39, 0.29) is 18.1 Å². The van der Waals surface area contributed by atoms with Crippen LogP contribution in [0.5, 0.6) is 5.75 Å². The van der Waals surface area contributed by atoms with E-state index in [1.807, 2.05) is 43.5 Å². The molecule has 0 spiro atoms. The van der Waals surface area contributed by atoms with Gasteiger partial charge in [-0.3, -0.25) is 4.79 Å². The number of aromatic nitrogens is 2. The van der Waals surface area contributed by atoms with Gasteiger partial charge in [0.2, 0.25) is 5.91 Å². The monoisotopic (exact) mass is 453 g/mol. The Morgan fingerprint density at radius 3 is 2.48 bits per heavy atom. The van der Waals surface area contributed by atoms with E-state index in [2.05, 4.69) is 15.3 Å². The largest absolute Gasteiger partial charge is 0.494 e. The maximum Gasteiger partial charge on any atom is 0.232 e. The van der Waals surface area contributed by atoms with Crippen LogP contribution < -0.4 is 10.1 Å². The Morgan fingerprint density at radius 1 is 1.06 bits per heavy atom. The van der Waals surface area contributed by atoms with E-state index in [1.165, 1.54) is 34.8 Å². The predicted molar refractivity (Wildman–Crippen MR) is 123 cm³/mol. The number of halogens is 1. The summed E-state index contributed by atoms with van der Waals surface area (Å²) in [6, 6.07) is 13.9. The first-order chi connectivity index (χ1) is 15.0. The molecule has 0 fully saturated rings. The van der Waals surface area contributed by atoms with Crippen molar-refractivity contribution < 1.29 is 13.9 Å². The van der Waals surface area contributed by atoms with Gasteiger partial charge < -0.3 is 10.1 Å². The zero-order valence-electron chi connectivity index (χ0n) is 17.0. The smallest absolute Gasteiger partial charge is 0.232 e. The van der Waals surface area contributed by atoms with Crippen LogP contribution in [-0.4, -0.2) is 22.5 Å². The van der Waals surface area contributed by atoms with Crippen molar-refractivity contribution >= 4 is 33.7 Å². The van der Waals surface area contributed by atoms with E-state index in [0.717, 1.165) is 32.5 Å². The number of aryl methyl sites for hydroxylation is 1. The van der Waals surface area contributed by atoms with Gasteiger partial charge in [0, 0.05) is 21.4 Å². The quantitative estimate of drug-likeness (QED) is 0.375. The van der Waals surface area contributed by atoms with Crippen LogP contribution in [0, 0.1) is 12.7 Å². The zero-order valence-corrected chi connectivity index (χ0v) is 18.6. The van der Waals surface area contributed by atoms with Crippen molar-refractivity contribution in [2.24, 2.45) is 0 Å². The molecule has 0 unspecified atom stereocenters. The molecule has 0 bridgehead atoms. The summed E-state index contributed by atoms with van der Waals surface area (Å²) < 4.78 is 18.6. The van der Waals surface area contributed by atoms with Gasteiger partial charge in [0.15, 0.2) is 5.13 Å². The highest BCUT2D eigenvalue weighted by molar-refractivity contribution is 7.16. The minimum absolute atomic E-state index is 0.148. The predicted octanol–water partition coefficient (Wildman–Crippen LogP) is 5.96. The van der Waals surface area contributed by atoms with Gasteiger partial charge in [0.1, 0.15) is 16.6 Å². The van der Waals surface area contributed by atoms with Crippen LogP contribution in [0.4, 0.5) is 9.52 Å². The molecule has 2 aromatic heterocycles. The third-order valence-electron chi connectivity index (χ3n) is 4.47. The van der Waals surface area contributed by atoms with Gasteiger partial charge in [-0.15, -0.1) is 22.7 Å². The lowest BCUT2D eigenvalue weighted by Gasteiger charge is -2.04. The number of nitrogens with one attached hydrogen (secondary N) is 1. The second-order valence-electron chi connectivity index (χ2n) is 6.76. The Bertz CT molecular complexity index is 1180. The summed E-state index contributed by atoms with van der Waals surface area (Å²) in [4.78, 5) is 22.6. The molecule has 1 N–H and O–H groups in total. The lowest BCUT2D eigenvalue weighted by atomic mass is 10.1. The van der Waals surface area contributed by atoms with Crippen molar-refractivity contribution in [3.05, 3.63) is 70.3 Å². The Hall–Kier alpha value is -3.10. The minimum Gasteiger partial charge on any atom is -0.494 e. The van der Waals surface area contributed by atoms with Crippen LogP contribution in [0.2, 0.25) is 0 Å². The summed E-state index contributed by atoms with van der Waals surface area (Å²) in [5.41, 5.74) is 3.31. The molecule has 1 amide bonds. The molecule has 158 valence electrons. The molecule has 5 nitrogen and oxygen atoms in total. The topological polar surface area (TPSA) is 64.1 Å². The number of nitrogens with zero attached hydrogens (tertiary/aromatic N) is 2. The number of ether oxygens (including phenoxy) is 1. The summed E-state index contributed by atoms with van der Waals surface area (Å²) in [6.07, 6.45) is 0.148. The maximum atomic E-state index is 13.1. The Morgan fingerprint density at radius 2 is 1.77 bits per heavy atom. The van der Waals surface area contributed by atoms with Crippen LogP contribution in [0.25, 0.3) is 21.8 Å². The van der Waals surface area contributed by atoms with E-state index in [1.54, 1.807) is 12.1 Å². The molecule has 0 aliphatic heterocycles. The van der Waals surface area contributed by atoms with Gasteiger partial charge in [0.05, 0.1) is 24.4 Å². The third-order valence-corrected chi connectivity index (χ3v) is 6.29. The number of rotatable bonds is 7. The molecule has 0 radical (unpaired) electrons. The number of hydrogen-bond acceptors (Lipinski definition) is 6. The number of hydrogen-bond donors (Lipinski definition) is 1. The molecule has 0 aliphatic carbocycles. The van der Waals surface area contributed by atoms with Gasteiger partial charge >= 0.3 is 0 Å². The highest BCUT2D eigenvalue weighted by atomic mass is 32.1. The van der Waals surface area contributed by atoms with E-state index >= 15 is 0 Å². The molecule has 0 atom stereocenters. The Kier molecular flexibility index (Phi) is 6.39. The molecule has 8 heteroatoms. The van der Waals surface area contributed by atoms with Crippen LogP contribution in [0.3, 0.4) is 0 Å². The van der Waals surface area contributed by atoms with E-state index in [9.17, 15) is 9.18 Å². The highest BCUT2D eigenvalue weighted by Gasteiger charge is 2.14. The molecular weight excluding hydrogens is 433 g/mol. The molecule has 4 aromatic rings. The summed E-state index contributed by atoms with van der Waals surface area (Å²) in [7, 11) is 0. The Balaban J connectivity index is 1.41. The summed E-state index contributed by atoms with van der Waals surface area (Å²) in [5.74, 6) is 0.349. The molecule has 0 saturated carbocycles. The zero-order chi connectivity index (χ0) is 21.8. The fourth-order valence-electron chi connectivity index (χ4n) is 3.03. The van der Waals surface area contributed by atoms with E-state index in [0.29, 0.717) is 17.4 Å². The first-order valence-corrected chi connectivity index (χ1v) is 11.4. The molecule has 0 aliphatic rings. The highest BCUT2D eigenvalue weighted by Crippen LogP contribution is 2.31. The number of benzene rings is 2. The second kappa shape index (κ2) is 9.36. The first kappa shape index (κ1) is 21.1. The fourth-order valence-corrected chi connectivity index (χ4v) is 4.71. The molecule has 0 saturated heterocycles. The number of amides is 1. The van der Waals surface area contributed by atoms with Gasteiger partial charge in [-0.25, -0.2) is 14.4 Å². The molecular formula is C23H20FN3O2S2. The summed E-state index contributed by atoms with van der Waals surface area (Å²) >= 11 is 2.87. The number of thiazole rings is 2. The van der Waals surface area contributed by atoms with Crippen LogP contribution in [0.15, 0.2) is 53.9 Å². The Labute approximate surface area is 187 Å². The van der Waals surface area contributed by atoms with Crippen LogP contribution in [0.1, 0.15) is 17.5 Å². The normalized spacial score (nSPS) is 10.8. The lowest BCUT2D eigenvalue weighted by Crippen LogP contribution is -2.14. The maximum absolute atomic E-state index is 13.1. The summed E-state index contributed by atoms with van der Waals surface area (Å²) in [6.45, 7) is 4.55. The fraction of sp³-hybridized carbons (Fsp3) is 0.174. The van der Waals surface area contributed by atoms with Crippen molar-refractivity contribution in [1.29, 1.82) is 0 Å². The third kappa shape index (κ3) is 5.15. The lowest BCUT2D eigenvalue weighted by molar-refractivity contribution is -0.115. The standard InChI is InChI=1S/C23H20FN3O2S2/c1-3-29-19-10-6-15(7-11-19)21-14(2)31-23(27-21)26-20(28)12-18-13-30-22(25-18)16-4-8-17(24)9-5-16/h4-11,13H,3,12H2,1-2H3,(H,26,27,28).